The topological polar surface area (TPSA) is 66.9 Å². The lowest BCUT2D eigenvalue weighted by Gasteiger charge is -2.27. The van der Waals surface area contributed by atoms with Gasteiger partial charge >= 0.3 is 0 Å². The van der Waals surface area contributed by atoms with Gasteiger partial charge in [-0.2, -0.15) is 0 Å². The molecule has 29 heavy (non-hydrogen) atoms. The maximum absolute atomic E-state index is 12.8. The van der Waals surface area contributed by atoms with Crippen LogP contribution in [0.15, 0.2) is 52.9 Å². The van der Waals surface area contributed by atoms with Crippen LogP contribution in [0.5, 0.6) is 0 Å². The molecular weight excluding hydrogens is 400 g/mol. The summed E-state index contributed by atoms with van der Waals surface area (Å²) in [5.74, 6) is 0.0416. The molecule has 0 bridgehead atoms. The van der Waals surface area contributed by atoms with Gasteiger partial charge in [-0.1, -0.05) is 65.1 Å². The van der Waals surface area contributed by atoms with Crippen molar-refractivity contribution in [1.82, 2.24) is 15.5 Å². The van der Waals surface area contributed by atoms with Crippen molar-refractivity contribution >= 4 is 39.8 Å². The van der Waals surface area contributed by atoms with Crippen LogP contribution in [0.25, 0.3) is 0 Å². The minimum atomic E-state index is -0.232. The summed E-state index contributed by atoms with van der Waals surface area (Å²) in [4.78, 5) is 12.8. The van der Waals surface area contributed by atoms with E-state index in [1.807, 2.05) is 25.1 Å². The number of nitrogens with zero attached hydrogens (tertiary/aromatic N) is 2. The Morgan fingerprint density at radius 1 is 1.17 bits per heavy atom. The van der Waals surface area contributed by atoms with Crippen molar-refractivity contribution in [1.29, 1.82) is 0 Å². The molecule has 0 radical (unpaired) electrons. The molecule has 2 aromatic carbocycles. The van der Waals surface area contributed by atoms with Crippen molar-refractivity contribution in [3.05, 3.63) is 65.2 Å². The maximum atomic E-state index is 12.8. The molecule has 7 heteroatoms. The molecule has 4 rings (SSSR count). The van der Waals surface area contributed by atoms with E-state index >= 15 is 0 Å². The van der Waals surface area contributed by atoms with Crippen LogP contribution >= 0.6 is 23.1 Å². The molecule has 0 fully saturated rings. The average molecular weight is 425 g/mol. The van der Waals surface area contributed by atoms with Gasteiger partial charge in [-0.25, -0.2) is 0 Å². The molecule has 5 nitrogen and oxygen atoms in total. The Morgan fingerprint density at radius 2 is 1.97 bits per heavy atom. The summed E-state index contributed by atoms with van der Waals surface area (Å²) in [5, 5.41) is 15.4. The predicted octanol–water partition coefficient (Wildman–Crippen LogP) is 5.26. The fourth-order valence-corrected chi connectivity index (χ4v) is 5.39. The highest BCUT2D eigenvalue weighted by Crippen LogP contribution is 2.32. The molecule has 1 aliphatic carbocycles. The monoisotopic (exact) mass is 424 g/mol. The van der Waals surface area contributed by atoms with Crippen LogP contribution in [0.3, 0.4) is 0 Å². The number of nitrogens with one attached hydrogen (secondary N) is 2. The van der Waals surface area contributed by atoms with Gasteiger partial charge in [0.05, 0.1) is 11.3 Å². The first kappa shape index (κ1) is 19.9. The number of amides is 1. The summed E-state index contributed by atoms with van der Waals surface area (Å²) in [7, 11) is 0. The van der Waals surface area contributed by atoms with Crippen molar-refractivity contribution in [2.45, 2.75) is 48.7 Å². The standard InChI is InChI=1S/C22H24N4OS2/c1-14-10-12-17(13-11-14)23-21-25-26-22(29-21)28-15(2)20(27)24-19-9-5-7-16-6-3-4-8-18(16)19/h3-4,6,8,10-13,15,19H,5,7,9H2,1-2H3,(H,23,25)(H,24,27)/t15-,19-/m0/s1. The van der Waals surface area contributed by atoms with Gasteiger partial charge in [0, 0.05) is 5.69 Å². The number of rotatable bonds is 6. The van der Waals surface area contributed by atoms with Crippen LogP contribution in [0.1, 0.15) is 42.5 Å². The Balaban J connectivity index is 1.35. The maximum Gasteiger partial charge on any atom is 0.233 e. The first-order chi connectivity index (χ1) is 14.1. The summed E-state index contributed by atoms with van der Waals surface area (Å²) in [6.07, 6.45) is 3.19. The number of aromatic nitrogens is 2. The van der Waals surface area contributed by atoms with E-state index in [1.54, 1.807) is 0 Å². The number of carbonyl (C=O) groups is 1. The van der Waals surface area contributed by atoms with E-state index in [2.05, 4.69) is 58.1 Å². The van der Waals surface area contributed by atoms with Crippen LogP contribution in [0, 0.1) is 6.92 Å². The van der Waals surface area contributed by atoms with Gasteiger partial charge in [-0.15, -0.1) is 10.2 Å². The number of anilines is 2. The van der Waals surface area contributed by atoms with E-state index in [-0.39, 0.29) is 17.2 Å². The Bertz CT molecular complexity index is 986. The molecule has 1 aromatic heterocycles. The number of benzene rings is 2. The Morgan fingerprint density at radius 3 is 2.79 bits per heavy atom. The first-order valence-corrected chi connectivity index (χ1v) is 11.5. The normalized spacial score (nSPS) is 16.7. The van der Waals surface area contributed by atoms with Gasteiger partial charge in [0.1, 0.15) is 0 Å². The number of hydrogen-bond donors (Lipinski definition) is 2. The summed E-state index contributed by atoms with van der Waals surface area (Å²) in [5.41, 5.74) is 4.79. The van der Waals surface area contributed by atoms with Crippen LogP contribution in [0.4, 0.5) is 10.8 Å². The highest BCUT2D eigenvalue weighted by Gasteiger charge is 2.24. The molecule has 3 aromatic rings. The molecule has 1 amide bonds. The SMILES string of the molecule is Cc1ccc(Nc2nnc(S[C@@H](C)C(=O)N[C@H]3CCCc4ccccc43)s2)cc1. The highest BCUT2D eigenvalue weighted by molar-refractivity contribution is 8.02. The van der Waals surface area contributed by atoms with E-state index in [0.29, 0.717) is 0 Å². The molecule has 0 saturated carbocycles. The summed E-state index contributed by atoms with van der Waals surface area (Å²) in [6.45, 7) is 3.98. The molecule has 1 aliphatic rings. The molecule has 0 saturated heterocycles. The van der Waals surface area contributed by atoms with Gasteiger partial charge in [0.25, 0.3) is 0 Å². The molecule has 0 unspecified atom stereocenters. The molecule has 2 atom stereocenters. The van der Waals surface area contributed by atoms with E-state index < -0.39 is 0 Å². The highest BCUT2D eigenvalue weighted by atomic mass is 32.2. The number of carbonyl (C=O) groups excluding carboxylic acids is 1. The van der Waals surface area contributed by atoms with Crippen molar-refractivity contribution in [2.75, 3.05) is 5.32 Å². The van der Waals surface area contributed by atoms with Gasteiger partial charge in [-0.05, 0) is 56.4 Å². The van der Waals surface area contributed by atoms with Crippen LogP contribution < -0.4 is 10.6 Å². The molecular formula is C22H24N4OS2. The number of aryl methyl sites for hydroxylation is 2. The number of hydrogen-bond acceptors (Lipinski definition) is 6. The summed E-state index contributed by atoms with van der Waals surface area (Å²) >= 11 is 2.91. The summed E-state index contributed by atoms with van der Waals surface area (Å²) < 4.78 is 0.784. The Kier molecular flexibility index (Phi) is 6.16. The minimum absolute atomic E-state index is 0.0416. The van der Waals surface area contributed by atoms with Crippen LogP contribution in [-0.4, -0.2) is 21.4 Å². The average Bonchev–Trinajstić information content (AvgIpc) is 3.16. The van der Waals surface area contributed by atoms with Crippen LogP contribution in [-0.2, 0) is 11.2 Å². The third-order valence-corrected chi connectivity index (χ3v) is 7.06. The summed E-state index contributed by atoms with van der Waals surface area (Å²) in [6, 6.07) is 16.6. The molecule has 0 spiro atoms. The smallest absolute Gasteiger partial charge is 0.233 e. The zero-order valence-corrected chi connectivity index (χ0v) is 18.1. The van der Waals surface area contributed by atoms with E-state index in [0.717, 1.165) is 34.4 Å². The zero-order valence-electron chi connectivity index (χ0n) is 16.5. The first-order valence-electron chi connectivity index (χ1n) is 9.80. The van der Waals surface area contributed by atoms with Gasteiger partial charge in [0.15, 0.2) is 4.34 Å². The van der Waals surface area contributed by atoms with Crippen LogP contribution in [0.2, 0.25) is 0 Å². The molecule has 150 valence electrons. The second-order valence-electron chi connectivity index (χ2n) is 7.28. The third-order valence-electron chi connectivity index (χ3n) is 5.04. The fraction of sp³-hybridized carbons (Fsp3) is 0.318. The lowest BCUT2D eigenvalue weighted by Crippen LogP contribution is -2.35. The largest absolute Gasteiger partial charge is 0.348 e. The quantitative estimate of drug-likeness (QED) is 0.528. The second kappa shape index (κ2) is 8.97. The predicted molar refractivity (Wildman–Crippen MR) is 120 cm³/mol. The lowest BCUT2D eigenvalue weighted by molar-refractivity contribution is -0.121. The van der Waals surface area contributed by atoms with Crippen molar-refractivity contribution in [3.63, 3.8) is 0 Å². The van der Waals surface area contributed by atoms with Gasteiger partial charge < -0.3 is 10.6 Å². The minimum Gasteiger partial charge on any atom is -0.348 e. The second-order valence-corrected chi connectivity index (χ2v) is 9.84. The van der Waals surface area contributed by atoms with E-state index in [9.17, 15) is 4.79 Å². The molecule has 0 aliphatic heterocycles. The van der Waals surface area contributed by atoms with Gasteiger partial charge in [-0.3, -0.25) is 4.79 Å². The number of thioether (sulfide) groups is 1. The lowest BCUT2D eigenvalue weighted by atomic mass is 9.88. The third kappa shape index (κ3) is 4.97. The van der Waals surface area contributed by atoms with Crippen molar-refractivity contribution in [3.8, 4) is 0 Å². The Hall–Kier alpha value is -2.38. The van der Waals surface area contributed by atoms with E-state index in [4.69, 9.17) is 0 Å². The van der Waals surface area contributed by atoms with E-state index in [1.165, 1.54) is 39.8 Å². The zero-order chi connectivity index (χ0) is 20.2. The van der Waals surface area contributed by atoms with Crippen molar-refractivity contribution in [2.24, 2.45) is 0 Å². The molecule has 2 N–H and O–H groups in total. The van der Waals surface area contributed by atoms with Crippen molar-refractivity contribution < 1.29 is 4.79 Å². The fourth-order valence-electron chi connectivity index (χ4n) is 3.47. The molecule has 1 heterocycles. The number of fused-ring (bicyclic) bond motifs is 1. The Labute approximate surface area is 179 Å². The van der Waals surface area contributed by atoms with Gasteiger partial charge in [0.2, 0.25) is 11.0 Å².